The van der Waals surface area contributed by atoms with Crippen LogP contribution in [0.5, 0.6) is 0 Å². The van der Waals surface area contributed by atoms with Crippen LogP contribution < -0.4 is 10.2 Å². The lowest BCUT2D eigenvalue weighted by atomic mass is 10.1. The van der Waals surface area contributed by atoms with E-state index in [1.165, 1.54) is 0 Å². The summed E-state index contributed by atoms with van der Waals surface area (Å²) in [4.78, 5) is 14.5. The molecule has 1 aliphatic rings. The Morgan fingerprint density at radius 1 is 1.10 bits per heavy atom. The van der Waals surface area contributed by atoms with E-state index < -0.39 is 0 Å². The molecule has 1 amide bonds. The number of hydrogen-bond donors (Lipinski definition) is 2. The van der Waals surface area contributed by atoms with Crippen molar-refractivity contribution < 1.29 is 14.4 Å². The van der Waals surface area contributed by atoms with Crippen LogP contribution in [0.3, 0.4) is 0 Å². The van der Waals surface area contributed by atoms with Crippen molar-refractivity contribution in [3.63, 3.8) is 0 Å². The van der Waals surface area contributed by atoms with Crippen LogP contribution in [0.1, 0.15) is 16.8 Å². The standard InChI is InChI=1S/C23H25BrN4O2/c24-19-9-7-18(8-10-19)22-21(17-28(26-22)20-5-2-1-3-6-20)23(29)25-11-4-12-27-13-15-30-16-14-27/h1-3,5-10,17H,4,11-16H2,(H,25,29)/p+1. The molecule has 0 spiro atoms. The van der Waals surface area contributed by atoms with E-state index >= 15 is 0 Å². The molecule has 156 valence electrons. The summed E-state index contributed by atoms with van der Waals surface area (Å²) in [5, 5.41) is 7.80. The van der Waals surface area contributed by atoms with Gasteiger partial charge in [-0.2, -0.15) is 5.10 Å². The average molecular weight is 470 g/mol. The van der Waals surface area contributed by atoms with Crippen molar-refractivity contribution in [1.82, 2.24) is 15.1 Å². The van der Waals surface area contributed by atoms with E-state index in [1.807, 2.05) is 60.8 Å². The number of benzene rings is 2. The number of carbonyl (C=O) groups excluding carboxylic acids is 1. The van der Waals surface area contributed by atoms with Gasteiger partial charge in [0.25, 0.3) is 5.91 Å². The highest BCUT2D eigenvalue weighted by Gasteiger charge is 2.19. The molecule has 7 heteroatoms. The summed E-state index contributed by atoms with van der Waals surface area (Å²) in [5.74, 6) is -0.0907. The normalized spacial score (nSPS) is 14.6. The van der Waals surface area contributed by atoms with Crippen molar-refractivity contribution in [3.8, 4) is 16.9 Å². The number of aromatic nitrogens is 2. The Hall–Kier alpha value is -2.48. The second kappa shape index (κ2) is 10.0. The molecule has 2 N–H and O–H groups in total. The first-order chi connectivity index (χ1) is 14.7. The summed E-state index contributed by atoms with van der Waals surface area (Å²) < 4.78 is 8.16. The van der Waals surface area contributed by atoms with Crippen LogP contribution in [0.2, 0.25) is 0 Å². The molecule has 1 aliphatic heterocycles. The number of hydrogen-bond acceptors (Lipinski definition) is 3. The first-order valence-electron chi connectivity index (χ1n) is 10.3. The molecular formula is C23H26BrN4O2+. The number of carbonyl (C=O) groups is 1. The fourth-order valence-corrected chi connectivity index (χ4v) is 3.88. The Bertz CT molecular complexity index is 967. The second-order valence-corrected chi connectivity index (χ2v) is 8.32. The first-order valence-corrected chi connectivity index (χ1v) is 11.1. The Balaban J connectivity index is 1.49. The quantitative estimate of drug-likeness (QED) is 0.522. The molecule has 2 aromatic carbocycles. The van der Waals surface area contributed by atoms with Gasteiger partial charge in [0.15, 0.2) is 0 Å². The van der Waals surface area contributed by atoms with Gasteiger partial charge in [-0.1, -0.05) is 46.3 Å². The largest absolute Gasteiger partial charge is 0.370 e. The van der Waals surface area contributed by atoms with Crippen molar-refractivity contribution in [2.45, 2.75) is 6.42 Å². The maximum Gasteiger partial charge on any atom is 0.255 e. The highest BCUT2D eigenvalue weighted by molar-refractivity contribution is 9.10. The maximum atomic E-state index is 13.0. The summed E-state index contributed by atoms with van der Waals surface area (Å²) in [6.07, 6.45) is 2.76. The molecular weight excluding hydrogens is 444 g/mol. The van der Waals surface area contributed by atoms with E-state index in [0.717, 1.165) is 55.0 Å². The zero-order valence-electron chi connectivity index (χ0n) is 16.8. The predicted molar refractivity (Wildman–Crippen MR) is 120 cm³/mol. The number of nitrogens with one attached hydrogen (secondary N) is 2. The minimum atomic E-state index is -0.0907. The molecule has 0 atom stereocenters. The van der Waals surface area contributed by atoms with Crippen LogP contribution >= 0.6 is 15.9 Å². The van der Waals surface area contributed by atoms with Gasteiger partial charge in [0.05, 0.1) is 31.0 Å². The lowest BCUT2D eigenvalue weighted by molar-refractivity contribution is -0.908. The van der Waals surface area contributed by atoms with Crippen LogP contribution in [0.25, 0.3) is 16.9 Å². The van der Waals surface area contributed by atoms with E-state index in [1.54, 1.807) is 9.58 Å². The van der Waals surface area contributed by atoms with Gasteiger partial charge in [-0.15, -0.1) is 0 Å². The number of quaternary nitrogens is 1. The van der Waals surface area contributed by atoms with Crippen molar-refractivity contribution in [1.29, 1.82) is 0 Å². The minimum absolute atomic E-state index is 0.0907. The predicted octanol–water partition coefficient (Wildman–Crippen LogP) is 2.34. The highest BCUT2D eigenvalue weighted by atomic mass is 79.9. The molecule has 0 saturated carbocycles. The molecule has 1 aromatic heterocycles. The van der Waals surface area contributed by atoms with Gasteiger partial charge in [0, 0.05) is 29.2 Å². The van der Waals surface area contributed by atoms with Crippen molar-refractivity contribution in [2.75, 3.05) is 39.4 Å². The van der Waals surface area contributed by atoms with Crippen molar-refractivity contribution in [3.05, 3.63) is 70.8 Å². The zero-order chi connectivity index (χ0) is 20.8. The summed E-state index contributed by atoms with van der Waals surface area (Å²) >= 11 is 3.47. The molecule has 0 radical (unpaired) electrons. The van der Waals surface area contributed by atoms with Gasteiger partial charge in [-0.05, 0) is 24.3 Å². The Labute approximate surface area is 185 Å². The number of ether oxygens (including phenoxy) is 1. The van der Waals surface area contributed by atoms with E-state index in [2.05, 4.69) is 21.2 Å². The fourth-order valence-electron chi connectivity index (χ4n) is 3.62. The molecule has 1 fully saturated rings. The Morgan fingerprint density at radius 3 is 2.57 bits per heavy atom. The smallest absolute Gasteiger partial charge is 0.255 e. The third kappa shape index (κ3) is 5.16. The van der Waals surface area contributed by atoms with Crippen LogP contribution in [0.4, 0.5) is 0 Å². The molecule has 4 rings (SSSR count). The van der Waals surface area contributed by atoms with Crippen molar-refractivity contribution in [2.24, 2.45) is 0 Å². The van der Waals surface area contributed by atoms with Crippen LogP contribution in [0, 0.1) is 0 Å². The van der Waals surface area contributed by atoms with Gasteiger partial charge in [-0.3, -0.25) is 4.79 Å². The van der Waals surface area contributed by atoms with Gasteiger partial charge < -0.3 is 15.0 Å². The molecule has 1 saturated heterocycles. The lowest BCUT2D eigenvalue weighted by Crippen LogP contribution is -3.14. The Morgan fingerprint density at radius 2 is 1.83 bits per heavy atom. The van der Waals surface area contributed by atoms with Gasteiger partial charge in [-0.25, -0.2) is 4.68 Å². The SMILES string of the molecule is O=C(NCCC[NH+]1CCOCC1)c1cn(-c2ccccc2)nc1-c1ccc(Br)cc1. The monoisotopic (exact) mass is 469 g/mol. The van der Waals surface area contributed by atoms with E-state index in [0.29, 0.717) is 17.8 Å². The fraction of sp³-hybridized carbons (Fsp3) is 0.304. The maximum absolute atomic E-state index is 13.0. The molecule has 0 aliphatic carbocycles. The highest BCUT2D eigenvalue weighted by Crippen LogP contribution is 2.25. The van der Waals surface area contributed by atoms with Crippen LogP contribution in [-0.4, -0.2) is 55.1 Å². The Kier molecular flexibility index (Phi) is 6.94. The van der Waals surface area contributed by atoms with Gasteiger partial charge in [0.1, 0.15) is 18.8 Å². The molecule has 0 bridgehead atoms. The number of halogens is 1. The molecule has 30 heavy (non-hydrogen) atoms. The third-order valence-corrected chi connectivity index (χ3v) is 5.82. The molecule has 2 heterocycles. The van der Waals surface area contributed by atoms with Gasteiger partial charge >= 0.3 is 0 Å². The summed E-state index contributed by atoms with van der Waals surface area (Å²) in [5.41, 5.74) is 3.10. The number of nitrogens with zero attached hydrogens (tertiary/aromatic N) is 2. The minimum Gasteiger partial charge on any atom is -0.370 e. The molecule has 3 aromatic rings. The number of morpholine rings is 1. The molecule has 6 nitrogen and oxygen atoms in total. The zero-order valence-corrected chi connectivity index (χ0v) is 18.4. The van der Waals surface area contributed by atoms with Gasteiger partial charge in [0.2, 0.25) is 0 Å². The number of amides is 1. The number of para-hydroxylation sites is 1. The summed E-state index contributed by atoms with van der Waals surface area (Å²) in [6, 6.07) is 17.7. The van der Waals surface area contributed by atoms with Crippen molar-refractivity contribution >= 4 is 21.8 Å². The van der Waals surface area contributed by atoms with Crippen LogP contribution in [-0.2, 0) is 4.74 Å². The van der Waals surface area contributed by atoms with E-state index in [9.17, 15) is 4.79 Å². The summed E-state index contributed by atoms with van der Waals surface area (Å²) in [6.45, 7) is 5.46. The first kappa shape index (κ1) is 20.8. The van der Waals surface area contributed by atoms with Crippen LogP contribution in [0.15, 0.2) is 65.3 Å². The summed E-state index contributed by atoms with van der Waals surface area (Å²) in [7, 11) is 0. The second-order valence-electron chi connectivity index (χ2n) is 7.40. The average Bonchev–Trinajstić information content (AvgIpc) is 3.24. The third-order valence-electron chi connectivity index (χ3n) is 5.29. The molecule has 0 unspecified atom stereocenters. The number of rotatable bonds is 7. The lowest BCUT2D eigenvalue weighted by Gasteiger charge is -2.23. The van der Waals surface area contributed by atoms with E-state index in [4.69, 9.17) is 9.84 Å². The van der Waals surface area contributed by atoms with E-state index in [-0.39, 0.29) is 5.91 Å². The topological polar surface area (TPSA) is 60.6 Å².